The minimum absolute atomic E-state index is 0.158. The molecule has 96 valence electrons. The zero-order valence-electron chi connectivity index (χ0n) is 11.1. The number of methoxy groups -OCH3 is 2. The van der Waals surface area contributed by atoms with Crippen molar-refractivity contribution in [3.63, 3.8) is 0 Å². The van der Waals surface area contributed by atoms with E-state index in [9.17, 15) is 9.59 Å². The molecular weight excluding hydrogens is 220 g/mol. The summed E-state index contributed by atoms with van der Waals surface area (Å²) in [5, 5.41) is 0. The van der Waals surface area contributed by atoms with Gasteiger partial charge in [-0.25, -0.2) is 0 Å². The van der Waals surface area contributed by atoms with Gasteiger partial charge >= 0.3 is 11.9 Å². The van der Waals surface area contributed by atoms with Crippen LogP contribution in [0.5, 0.6) is 0 Å². The summed E-state index contributed by atoms with van der Waals surface area (Å²) in [6.45, 7) is 6.18. The van der Waals surface area contributed by atoms with Gasteiger partial charge in [0.05, 0.1) is 25.6 Å². The number of hydrogen-bond donors (Lipinski definition) is 0. The first-order valence-electron chi connectivity index (χ1n) is 5.96. The smallest absolute Gasteiger partial charge is 0.313 e. The number of rotatable bonds is 2. The molecule has 0 aliphatic heterocycles. The van der Waals surface area contributed by atoms with Gasteiger partial charge < -0.3 is 9.47 Å². The standard InChI is InChI=1S/C13H20O4/c1-11(2)12(3)6-7-13(11,10(15)17-5)8(12)9(14)16-4/h8H,6-7H2,1-5H3/t8-,12+,13+/m0/s1. The molecule has 3 rings (SSSR count). The fraction of sp³-hybridized carbons (Fsp3) is 0.846. The highest BCUT2D eigenvalue weighted by Crippen LogP contribution is 2.81. The third-order valence-corrected chi connectivity index (χ3v) is 5.70. The molecular formula is C13H20O4. The Morgan fingerprint density at radius 2 is 1.65 bits per heavy atom. The second-order valence-electron chi connectivity index (χ2n) is 5.96. The van der Waals surface area contributed by atoms with Gasteiger partial charge in [0.2, 0.25) is 0 Å². The summed E-state index contributed by atoms with van der Waals surface area (Å²) < 4.78 is 9.80. The van der Waals surface area contributed by atoms with Crippen molar-refractivity contribution in [2.24, 2.45) is 22.2 Å². The third-order valence-electron chi connectivity index (χ3n) is 5.70. The highest BCUT2D eigenvalue weighted by Gasteiger charge is 2.83. The van der Waals surface area contributed by atoms with E-state index < -0.39 is 5.41 Å². The molecule has 3 fully saturated rings. The van der Waals surface area contributed by atoms with Crippen LogP contribution in [0.3, 0.4) is 0 Å². The second kappa shape index (κ2) is 3.24. The molecule has 2 bridgehead atoms. The summed E-state index contributed by atoms with van der Waals surface area (Å²) >= 11 is 0. The first-order chi connectivity index (χ1) is 7.79. The summed E-state index contributed by atoms with van der Waals surface area (Å²) in [4.78, 5) is 24.1. The Morgan fingerprint density at radius 3 is 2.06 bits per heavy atom. The molecule has 3 aliphatic rings. The fourth-order valence-corrected chi connectivity index (χ4v) is 4.30. The zero-order valence-corrected chi connectivity index (χ0v) is 11.1. The molecule has 3 aliphatic carbocycles. The molecule has 0 heterocycles. The van der Waals surface area contributed by atoms with E-state index in [1.54, 1.807) is 0 Å². The molecule has 0 aromatic rings. The Kier molecular flexibility index (Phi) is 2.36. The SMILES string of the molecule is COC(=O)[C@@H]1[C@@]2(C(=O)OC)CC[C@@]1(C)C2(C)C. The summed E-state index contributed by atoms with van der Waals surface area (Å²) in [5.74, 6) is -0.912. The van der Waals surface area contributed by atoms with Gasteiger partial charge in [0.1, 0.15) is 0 Å². The molecule has 4 heteroatoms. The number of fused-ring (bicyclic) bond motifs is 1. The summed E-state index contributed by atoms with van der Waals surface area (Å²) in [5.41, 5.74) is -1.07. The van der Waals surface area contributed by atoms with Crippen LogP contribution in [0.2, 0.25) is 0 Å². The van der Waals surface area contributed by atoms with Crippen LogP contribution in [-0.2, 0) is 19.1 Å². The van der Waals surface area contributed by atoms with Crippen LogP contribution in [0.1, 0.15) is 33.6 Å². The molecule has 4 nitrogen and oxygen atoms in total. The molecule has 0 aromatic carbocycles. The first-order valence-corrected chi connectivity index (χ1v) is 5.96. The Labute approximate surface area is 102 Å². The molecule has 0 radical (unpaired) electrons. The van der Waals surface area contributed by atoms with Crippen LogP contribution >= 0.6 is 0 Å². The van der Waals surface area contributed by atoms with Gasteiger partial charge in [-0.1, -0.05) is 20.8 Å². The predicted octanol–water partition coefficient (Wildman–Crippen LogP) is 1.77. The Bertz CT molecular complexity index is 384. The molecule has 3 atom stereocenters. The highest BCUT2D eigenvalue weighted by atomic mass is 16.5. The lowest BCUT2D eigenvalue weighted by Crippen LogP contribution is -2.68. The fourth-order valence-electron chi connectivity index (χ4n) is 4.30. The van der Waals surface area contributed by atoms with Crippen LogP contribution in [-0.4, -0.2) is 26.2 Å². The van der Waals surface area contributed by atoms with Crippen molar-refractivity contribution in [1.29, 1.82) is 0 Å². The highest BCUT2D eigenvalue weighted by molar-refractivity contribution is 5.91. The average molecular weight is 240 g/mol. The van der Waals surface area contributed by atoms with Crippen molar-refractivity contribution < 1.29 is 19.1 Å². The number of hydrogen-bond acceptors (Lipinski definition) is 4. The molecule has 17 heavy (non-hydrogen) atoms. The van der Waals surface area contributed by atoms with Crippen LogP contribution in [0.15, 0.2) is 0 Å². The Hall–Kier alpha value is -1.06. The van der Waals surface area contributed by atoms with Crippen molar-refractivity contribution in [3.8, 4) is 0 Å². The quantitative estimate of drug-likeness (QED) is 0.690. The van der Waals surface area contributed by atoms with E-state index in [1.165, 1.54) is 14.2 Å². The molecule has 3 saturated carbocycles. The van der Waals surface area contributed by atoms with Crippen LogP contribution in [0.25, 0.3) is 0 Å². The molecule has 0 N–H and O–H groups in total. The number of carbonyl (C=O) groups excluding carboxylic acids is 2. The van der Waals surface area contributed by atoms with Crippen molar-refractivity contribution in [1.82, 2.24) is 0 Å². The van der Waals surface area contributed by atoms with Crippen molar-refractivity contribution >= 4 is 11.9 Å². The minimum Gasteiger partial charge on any atom is -0.469 e. The second-order valence-corrected chi connectivity index (χ2v) is 5.96. The topological polar surface area (TPSA) is 52.6 Å². The number of esters is 2. The number of ether oxygens (including phenoxy) is 2. The van der Waals surface area contributed by atoms with E-state index in [0.29, 0.717) is 6.42 Å². The van der Waals surface area contributed by atoms with Crippen molar-refractivity contribution in [2.45, 2.75) is 33.6 Å². The zero-order chi connectivity index (χ0) is 13.1. The molecule has 0 amide bonds. The van der Waals surface area contributed by atoms with Crippen molar-refractivity contribution in [2.75, 3.05) is 14.2 Å². The van der Waals surface area contributed by atoms with Gasteiger partial charge in [-0.2, -0.15) is 0 Å². The minimum atomic E-state index is -0.691. The lowest BCUT2D eigenvalue weighted by Gasteiger charge is -2.63. The Balaban J connectivity index is 2.49. The summed E-state index contributed by atoms with van der Waals surface area (Å²) in [7, 11) is 2.76. The van der Waals surface area contributed by atoms with Gasteiger partial charge in [0, 0.05) is 0 Å². The van der Waals surface area contributed by atoms with E-state index >= 15 is 0 Å². The number of carbonyl (C=O) groups is 2. The maximum absolute atomic E-state index is 12.1. The van der Waals surface area contributed by atoms with E-state index in [0.717, 1.165) is 6.42 Å². The lowest BCUT2D eigenvalue weighted by molar-refractivity contribution is -0.227. The van der Waals surface area contributed by atoms with E-state index in [4.69, 9.17) is 9.47 Å². The van der Waals surface area contributed by atoms with E-state index in [2.05, 4.69) is 20.8 Å². The van der Waals surface area contributed by atoms with Gasteiger partial charge in [0.15, 0.2) is 0 Å². The van der Waals surface area contributed by atoms with Gasteiger partial charge in [-0.15, -0.1) is 0 Å². The van der Waals surface area contributed by atoms with E-state index in [1.807, 2.05) is 0 Å². The average Bonchev–Trinajstić information content (AvgIpc) is 2.74. The van der Waals surface area contributed by atoms with E-state index in [-0.39, 0.29) is 28.7 Å². The molecule has 0 saturated heterocycles. The largest absolute Gasteiger partial charge is 0.469 e. The Morgan fingerprint density at radius 1 is 1.06 bits per heavy atom. The van der Waals surface area contributed by atoms with Crippen LogP contribution in [0, 0.1) is 22.2 Å². The first kappa shape index (κ1) is 12.4. The van der Waals surface area contributed by atoms with Crippen LogP contribution in [0.4, 0.5) is 0 Å². The molecule has 0 unspecified atom stereocenters. The van der Waals surface area contributed by atoms with Crippen LogP contribution < -0.4 is 0 Å². The summed E-state index contributed by atoms with van der Waals surface area (Å²) in [6.07, 6.45) is 1.58. The summed E-state index contributed by atoms with van der Waals surface area (Å²) in [6, 6.07) is 0. The maximum atomic E-state index is 12.1. The maximum Gasteiger partial charge on any atom is 0.313 e. The van der Waals surface area contributed by atoms with Gasteiger partial charge in [-0.05, 0) is 23.7 Å². The van der Waals surface area contributed by atoms with Crippen molar-refractivity contribution in [3.05, 3.63) is 0 Å². The third kappa shape index (κ3) is 1.00. The van der Waals surface area contributed by atoms with Gasteiger partial charge in [-0.3, -0.25) is 9.59 Å². The normalized spacial score (nSPS) is 41.6. The monoisotopic (exact) mass is 240 g/mol. The molecule has 0 aromatic heterocycles. The predicted molar refractivity (Wildman–Crippen MR) is 61.1 cm³/mol. The lowest BCUT2D eigenvalue weighted by atomic mass is 9.38. The van der Waals surface area contributed by atoms with Gasteiger partial charge in [0.25, 0.3) is 0 Å². The molecule has 0 spiro atoms.